The first-order valence-electron chi connectivity index (χ1n) is 10.4. The minimum Gasteiger partial charge on any atom is -0.323 e. The summed E-state index contributed by atoms with van der Waals surface area (Å²) >= 11 is 0. The Morgan fingerprint density at radius 1 is 0.968 bits per heavy atom. The highest BCUT2D eigenvalue weighted by molar-refractivity contribution is 6.09. The Morgan fingerprint density at radius 2 is 1.65 bits per heavy atom. The Kier molecular flexibility index (Phi) is 5.50. The van der Waals surface area contributed by atoms with Crippen molar-refractivity contribution in [1.29, 1.82) is 0 Å². The number of imide groups is 1. The molecule has 1 saturated heterocycles. The molecule has 2 N–H and O–H groups in total. The monoisotopic (exact) mass is 423 g/mol. The molecule has 1 aliphatic heterocycles. The maximum Gasteiger partial charge on any atom is 0.327 e. The van der Waals surface area contributed by atoms with Crippen LogP contribution in [0.1, 0.15) is 42.5 Å². The van der Waals surface area contributed by atoms with Crippen LogP contribution in [0.4, 0.5) is 4.79 Å². The summed E-state index contributed by atoms with van der Waals surface area (Å²) in [7, 11) is 1.61. The summed E-state index contributed by atoms with van der Waals surface area (Å²) in [6, 6.07) is 10.2. The average molecular weight is 423 g/mol. The number of hydrazine groups is 1. The molecule has 2 aromatic rings. The van der Waals surface area contributed by atoms with Gasteiger partial charge in [-0.25, -0.2) is 4.79 Å². The number of para-hydroxylation sites is 1. The molecule has 162 valence electrons. The number of carbonyl (C=O) groups excluding carboxylic acids is 4. The topological polar surface area (TPSA) is 104 Å². The van der Waals surface area contributed by atoms with Crippen LogP contribution in [-0.4, -0.2) is 57.3 Å². The van der Waals surface area contributed by atoms with E-state index in [1.165, 1.54) is 4.90 Å². The van der Waals surface area contributed by atoms with Crippen molar-refractivity contribution in [2.45, 2.75) is 37.6 Å². The third-order valence-electron chi connectivity index (χ3n) is 6.13. The smallest absolute Gasteiger partial charge is 0.323 e. The minimum atomic E-state index is -0.839. The first-order chi connectivity index (χ1) is 14.9. The van der Waals surface area contributed by atoms with Gasteiger partial charge in [-0.3, -0.25) is 30.1 Å². The number of rotatable bonds is 4. The van der Waals surface area contributed by atoms with Crippen molar-refractivity contribution in [3.63, 3.8) is 0 Å². The van der Waals surface area contributed by atoms with Gasteiger partial charge in [0.1, 0.15) is 12.1 Å². The molecular weight excluding hydrogens is 398 g/mol. The number of hydrogen-bond acceptors (Lipinski definition) is 4. The van der Waals surface area contributed by atoms with E-state index in [0.29, 0.717) is 24.1 Å². The van der Waals surface area contributed by atoms with E-state index < -0.39 is 29.9 Å². The van der Waals surface area contributed by atoms with Gasteiger partial charge in [0, 0.05) is 19.4 Å². The molecule has 1 aromatic carbocycles. The van der Waals surface area contributed by atoms with E-state index in [0.717, 1.165) is 24.2 Å². The number of urea groups is 1. The van der Waals surface area contributed by atoms with Crippen molar-refractivity contribution in [1.82, 2.24) is 25.2 Å². The number of benzene rings is 1. The molecule has 5 amide bonds. The van der Waals surface area contributed by atoms with Gasteiger partial charge in [-0.05, 0) is 37.1 Å². The normalized spacial score (nSPS) is 17.8. The van der Waals surface area contributed by atoms with Gasteiger partial charge in [-0.2, -0.15) is 0 Å². The second-order valence-electron chi connectivity index (χ2n) is 7.93. The van der Waals surface area contributed by atoms with E-state index >= 15 is 0 Å². The lowest BCUT2D eigenvalue weighted by atomic mass is 9.81. The van der Waals surface area contributed by atoms with Gasteiger partial charge >= 0.3 is 6.03 Å². The van der Waals surface area contributed by atoms with Crippen molar-refractivity contribution in [2.24, 2.45) is 0 Å². The Balaban J connectivity index is 1.40. The minimum absolute atomic E-state index is 0.334. The zero-order chi connectivity index (χ0) is 22.0. The van der Waals surface area contributed by atoms with Crippen LogP contribution in [0, 0.1) is 0 Å². The average Bonchev–Trinajstić information content (AvgIpc) is 3.39. The van der Waals surface area contributed by atoms with Crippen molar-refractivity contribution in [2.75, 3.05) is 13.6 Å². The number of hydrogen-bond donors (Lipinski definition) is 2. The Hall–Kier alpha value is -3.62. The van der Waals surface area contributed by atoms with Crippen molar-refractivity contribution in [3.8, 4) is 5.69 Å². The van der Waals surface area contributed by atoms with E-state index in [-0.39, 0.29) is 5.91 Å². The van der Waals surface area contributed by atoms with Crippen LogP contribution in [0.15, 0.2) is 48.8 Å². The predicted octanol–water partition coefficient (Wildman–Crippen LogP) is 1.84. The van der Waals surface area contributed by atoms with E-state index in [4.69, 9.17) is 0 Å². The first kappa shape index (κ1) is 20.6. The summed E-state index contributed by atoms with van der Waals surface area (Å²) in [5.41, 5.74) is 4.87. The summed E-state index contributed by atoms with van der Waals surface area (Å²) in [4.78, 5) is 53.1. The number of amides is 5. The molecule has 1 saturated carbocycles. The highest BCUT2D eigenvalue weighted by atomic mass is 16.2. The lowest BCUT2D eigenvalue weighted by Crippen LogP contribution is -2.50. The highest BCUT2D eigenvalue weighted by Gasteiger charge is 2.55. The molecular formula is C22H25N5O4. The van der Waals surface area contributed by atoms with Crippen LogP contribution < -0.4 is 10.9 Å². The van der Waals surface area contributed by atoms with Crippen LogP contribution >= 0.6 is 0 Å². The van der Waals surface area contributed by atoms with E-state index in [1.807, 2.05) is 30.6 Å². The van der Waals surface area contributed by atoms with Crippen LogP contribution in [0.5, 0.6) is 0 Å². The van der Waals surface area contributed by atoms with Crippen molar-refractivity contribution < 1.29 is 19.2 Å². The maximum absolute atomic E-state index is 13.0. The fraction of sp³-hybridized carbons (Fsp3) is 0.364. The first-order valence-corrected chi connectivity index (χ1v) is 10.4. The summed E-state index contributed by atoms with van der Waals surface area (Å²) < 4.78 is 1.79. The Bertz CT molecular complexity index is 1010. The molecule has 1 spiro atoms. The van der Waals surface area contributed by atoms with Gasteiger partial charge in [-0.1, -0.05) is 31.4 Å². The van der Waals surface area contributed by atoms with Gasteiger partial charge in [0.25, 0.3) is 17.7 Å². The van der Waals surface area contributed by atoms with Crippen LogP contribution in [0.2, 0.25) is 0 Å². The molecule has 0 atom stereocenters. The zero-order valence-electron chi connectivity index (χ0n) is 17.3. The molecule has 1 aliphatic carbocycles. The van der Waals surface area contributed by atoms with Crippen molar-refractivity contribution >= 4 is 23.8 Å². The molecule has 4 rings (SSSR count). The van der Waals surface area contributed by atoms with Crippen molar-refractivity contribution in [3.05, 3.63) is 54.4 Å². The quantitative estimate of drug-likeness (QED) is 0.578. The standard InChI is InChI=1S/C22H25N5O4/c1-25-21(31)27(20(30)22(25)11-5-2-6-12-22)15-18(28)23-24-19(29)16-9-3-4-10-17(16)26-13-7-8-14-26/h3-4,7-10,13-14H,2,5-6,11-12,15H2,1H3,(H,23,28)(H,24,29). The highest BCUT2D eigenvalue weighted by Crippen LogP contribution is 2.39. The van der Waals surface area contributed by atoms with E-state index in [1.54, 1.807) is 29.8 Å². The summed E-state index contributed by atoms with van der Waals surface area (Å²) in [6.07, 6.45) is 7.63. The lowest BCUT2D eigenvalue weighted by Gasteiger charge is -2.35. The fourth-order valence-corrected chi connectivity index (χ4v) is 4.43. The SMILES string of the molecule is CN1C(=O)N(CC(=O)NNC(=O)c2ccccc2-n2cccc2)C(=O)C12CCCCC2. The van der Waals surface area contributed by atoms with Gasteiger partial charge in [0.15, 0.2) is 0 Å². The molecule has 0 bridgehead atoms. The van der Waals surface area contributed by atoms with Crippen LogP contribution in [0.25, 0.3) is 5.69 Å². The zero-order valence-corrected chi connectivity index (χ0v) is 17.3. The second-order valence-corrected chi connectivity index (χ2v) is 7.93. The van der Waals surface area contributed by atoms with Gasteiger partial charge < -0.3 is 9.47 Å². The molecule has 2 aliphatic rings. The molecule has 0 unspecified atom stereocenters. The Morgan fingerprint density at radius 3 is 2.35 bits per heavy atom. The fourth-order valence-electron chi connectivity index (χ4n) is 4.43. The lowest BCUT2D eigenvalue weighted by molar-refractivity contribution is -0.137. The number of nitrogens with one attached hydrogen (secondary N) is 2. The van der Waals surface area contributed by atoms with Gasteiger partial charge in [0.2, 0.25) is 0 Å². The molecule has 9 heteroatoms. The third kappa shape index (κ3) is 3.67. The molecule has 1 aromatic heterocycles. The maximum atomic E-state index is 13.0. The molecule has 2 heterocycles. The number of likely N-dealkylation sites (N-methyl/N-ethyl adjacent to an activating group) is 1. The Labute approximate surface area is 180 Å². The molecule has 0 radical (unpaired) electrons. The van der Waals surface area contributed by atoms with Gasteiger partial charge in [-0.15, -0.1) is 0 Å². The third-order valence-corrected chi connectivity index (χ3v) is 6.13. The summed E-state index contributed by atoms with van der Waals surface area (Å²) in [5, 5.41) is 0. The summed E-state index contributed by atoms with van der Waals surface area (Å²) in [6.45, 7) is -0.441. The molecule has 2 fully saturated rings. The van der Waals surface area contributed by atoms with E-state index in [2.05, 4.69) is 10.9 Å². The van der Waals surface area contributed by atoms with Gasteiger partial charge in [0.05, 0.1) is 11.3 Å². The summed E-state index contributed by atoms with van der Waals surface area (Å²) in [5.74, 6) is -1.48. The predicted molar refractivity (Wildman–Crippen MR) is 112 cm³/mol. The van der Waals surface area contributed by atoms with Crippen LogP contribution in [-0.2, 0) is 9.59 Å². The second kappa shape index (κ2) is 8.25. The van der Waals surface area contributed by atoms with E-state index in [9.17, 15) is 19.2 Å². The van der Waals surface area contributed by atoms with Crippen LogP contribution in [0.3, 0.4) is 0 Å². The molecule has 9 nitrogen and oxygen atoms in total. The molecule has 31 heavy (non-hydrogen) atoms. The number of carbonyl (C=O) groups is 4. The largest absolute Gasteiger partial charge is 0.327 e. The number of nitrogens with zero attached hydrogens (tertiary/aromatic N) is 3. The number of aromatic nitrogens is 1.